The summed E-state index contributed by atoms with van der Waals surface area (Å²) in [6.45, 7) is 0. The summed E-state index contributed by atoms with van der Waals surface area (Å²) in [4.78, 5) is 7.69. The lowest BCUT2D eigenvalue weighted by atomic mass is 10.3. The van der Waals surface area contributed by atoms with Crippen molar-refractivity contribution in [2.24, 2.45) is 27.2 Å². The molecule has 0 amide bonds. The summed E-state index contributed by atoms with van der Waals surface area (Å²) in [5, 5.41) is 0. The molecular formula is C8H9I2N5. The van der Waals surface area contributed by atoms with Crippen molar-refractivity contribution in [3.05, 3.63) is 25.3 Å². The van der Waals surface area contributed by atoms with E-state index in [1.165, 1.54) is 0 Å². The molecule has 0 radical (unpaired) electrons. The van der Waals surface area contributed by atoms with Gasteiger partial charge in [-0.25, -0.2) is 4.99 Å². The Balaban J connectivity index is 3.03. The second-order valence-corrected chi connectivity index (χ2v) is 5.13. The zero-order chi connectivity index (χ0) is 11.4. The van der Waals surface area contributed by atoms with E-state index in [2.05, 4.69) is 55.2 Å². The number of benzene rings is 1. The largest absolute Gasteiger partial charge is 0.370 e. The molecule has 0 aliphatic rings. The van der Waals surface area contributed by atoms with Gasteiger partial charge in [-0.1, -0.05) is 0 Å². The van der Waals surface area contributed by atoms with Crippen molar-refractivity contribution in [3.63, 3.8) is 0 Å². The predicted molar refractivity (Wildman–Crippen MR) is 79.0 cm³/mol. The lowest BCUT2D eigenvalue weighted by molar-refractivity contribution is 1.37. The van der Waals surface area contributed by atoms with Gasteiger partial charge in [-0.3, -0.25) is 0 Å². The maximum Gasteiger partial charge on any atom is 0.223 e. The van der Waals surface area contributed by atoms with E-state index in [0.29, 0.717) is 0 Å². The van der Waals surface area contributed by atoms with Crippen LogP contribution in [0.5, 0.6) is 0 Å². The Bertz CT molecular complexity index is 403. The van der Waals surface area contributed by atoms with E-state index >= 15 is 0 Å². The zero-order valence-corrected chi connectivity index (χ0v) is 11.9. The van der Waals surface area contributed by atoms with Gasteiger partial charge in [0, 0.05) is 7.14 Å². The lowest BCUT2D eigenvalue weighted by Crippen LogP contribution is -2.26. The molecule has 0 saturated heterocycles. The van der Waals surface area contributed by atoms with Crippen LogP contribution in [0.2, 0.25) is 0 Å². The third-order valence-electron chi connectivity index (χ3n) is 1.33. The van der Waals surface area contributed by atoms with Gasteiger partial charge in [-0.15, -0.1) is 0 Å². The van der Waals surface area contributed by atoms with E-state index in [-0.39, 0.29) is 11.9 Å². The third-order valence-corrected chi connectivity index (χ3v) is 2.58. The Morgan fingerprint density at radius 1 is 1.00 bits per heavy atom. The molecule has 0 saturated carbocycles. The average molecular weight is 429 g/mol. The number of aliphatic imine (C=N–C) groups is 2. The first-order valence-corrected chi connectivity index (χ1v) is 6.03. The van der Waals surface area contributed by atoms with Gasteiger partial charge in [0.15, 0.2) is 5.96 Å². The normalized spacial score (nSPS) is 11.2. The van der Waals surface area contributed by atoms with Crippen LogP contribution in [0.4, 0.5) is 5.69 Å². The van der Waals surface area contributed by atoms with Gasteiger partial charge >= 0.3 is 0 Å². The van der Waals surface area contributed by atoms with Crippen molar-refractivity contribution in [2.45, 2.75) is 0 Å². The summed E-state index contributed by atoms with van der Waals surface area (Å²) >= 11 is 4.41. The highest BCUT2D eigenvalue weighted by Gasteiger charge is 1.97. The Morgan fingerprint density at radius 2 is 1.53 bits per heavy atom. The van der Waals surface area contributed by atoms with Crippen molar-refractivity contribution in [1.82, 2.24) is 0 Å². The van der Waals surface area contributed by atoms with Crippen LogP contribution < -0.4 is 17.2 Å². The fraction of sp³-hybridized carbons (Fsp3) is 0. The average Bonchev–Trinajstić information content (AvgIpc) is 1.98. The maximum absolute atomic E-state index is 5.50. The van der Waals surface area contributed by atoms with Gasteiger partial charge in [0.25, 0.3) is 0 Å². The Morgan fingerprint density at radius 3 is 2.00 bits per heavy atom. The van der Waals surface area contributed by atoms with Crippen LogP contribution in [0.25, 0.3) is 0 Å². The molecule has 6 N–H and O–H groups in total. The van der Waals surface area contributed by atoms with E-state index < -0.39 is 0 Å². The molecule has 1 rings (SSSR count). The van der Waals surface area contributed by atoms with Crippen LogP contribution in [0.1, 0.15) is 0 Å². The second kappa shape index (κ2) is 5.49. The van der Waals surface area contributed by atoms with E-state index in [1.807, 2.05) is 18.2 Å². The molecule has 80 valence electrons. The van der Waals surface area contributed by atoms with Gasteiger partial charge in [0.2, 0.25) is 5.96 Å². The molecule has 0 fully saturated rings. The molecule has 0 unspecified atom stereocenters. The van der Waals surface area contributed by atoms with Crippen molar-refractivity contribution < 1.29 is 0 Å². The first-order valence-electron chi connectivity index (χ1n) is 3.87. The monoisotopic (exact) mass is 429 g/mol. The molecule has 0 atom stereocenters. The van der Waals surface area contributed by atoms with Crippen LogP contribution in [0.15, 0.2) is 28.2 Å². The summed E-state index contributed by atoms with van der Waals surface area (Å²) in [5.41, 5.74) is 16.6. The number of hydrogen-bond acceptors (Lipinski definition) is 1. The molecule has 0 aliphatic heterocycles. The molecular weight excluding hydrogens is 420 g/mol. The number of rotatable bonds is 1. The van der Waals surface area contributed by atoms with Gasteiger partial charge in [0.1, 0.15) is 0 Å². The van der Waals surface area contributed by atoms with Gasteiger partial charge in [-0.2, -0.15) is 4.99 Å². The van der Waals surface area contributed by atoms with E-state index in [0.717, 1.165) is 12.8 Å². The fourth-order valence-electron chi connectivity index (χ4n) is 0.893. The van der Waals surface area contributed by atoms with E-state index in [9.17, 15) is 0 Å². The number of nitrogens with two attached hydrogens (primary N) is 3. The Hall–Kier alpha value is -0.580. The maximum atomic E-state index is 5.50. The molecule has 5 nitrogen and oxygen atoms in total. The van der Waals surface area contributed by atoms with Gasteiger partial charge in [0.05, 0.1) is 5.69 Å². The first-order chi connectivity index (χ1) is 6.97. The molecule has 0 spiro atoms. The van der Waals surface area contributed by atoms with Crippen LogP contribution in [-0.4, -0.2) is 11.9 Å². The minimum Gasteiger partial charge on any atom is -0.370 e. The molecule has 0 aliphatic carbocycles. The zero-order valence-electron chi connectivity index (χ0n) is 7.61. The SMILES string of the molecule is NC(N)=NC(N)=Nc1cc(I)cc(I)c1. The number of hydrogen-bond donors (Lipinski definition) is 3. The highest BCUT2D eigenvalue weighted by molar-refractivity contribution is 14.1. The molecule has 1 aromatic carbocycles. The number of nitrogens with zero attached hydrogens (tertiary/aromatic N) is 2. The van der Waals surface area contributed by atoms with Crippen LogP contribution in [0.3, 0.4) is 0 Å². The minimum atomic E-state index is -0.100. The van der Waals surface area contributed by atoms with Crippen molar-refractivity contribution in [1.29, 1.82) is 0 Å². The summed E-state index contributed by atoms with van der Waals surface area (Å²) in [6, 6.07) is 5.80. The van der Waals surface area contributed by atoms with E-state index in [4.69, 9.17) is 17.2 Å². The third kappa shape index (κ3) is 4.64. The Kier molecular flexibility index (Phi) is 4.57. The second-order valence-electron chi connectivity index (χ2n) is 2.63. The van der Waals surface area contributed by atoms with Gasteiger partial charge < -0.3 is 17.2 Å². The Labute approximate surface area is 114 Å². The van der Waals surface area contributed by atoms with Crippen molar-refractivity contribution in [2.75, 3.05) is 0 Å². The summed E-state index contributed by atoms with van der Waals surface area (Å²) in [6.07, 6.45) is 0. The standard InChI is InChI=1S/C8H9I2N5/c9-4-1-5(10)3-6(2-4)14-8(13)15-7(11)12/h1-3H,(H6,11,12,13,14,15). The number of guanidine groups is 2. The lowest BCUT2D eigenvalue weighted by Gasteiger charge is -1.98. The topological polar surface area (TPSA) is 103 Å². The van der Waals surface area contributed by atoms with E-state index in [1.54, 1.807) is 0 Å². The highest BCUT2D eigenvalue weighted by Crippen LogP contribution is 2.20. The quantitative estimate of drug-likeness (QED) is 0.354. The minimum absolute atomic E-state index is 0.0489. The molecule has 0 heterocycles. The smallest absolute Gasteiger partial charge is 0.223 e. The summed E-state index contributed by atoms with van der Waals surface area (Å²) < 4.78 is 2.16. The highest BCUT2D eigenvalue weighted by atomic mass is 127. The summed E-state index contributed by atoms with van der Waals surface area (Å²) in [5.74, 6) is -0.0515. The molecule has 0 aromatic heterocycles. The predicted octanol–water partition coefficient (Wildman–Crippen LogP) is 1.12. The van der Waals surface area contributed by atoms with Crippen LogP contribution >= 0.6 is 45.2 Å². The molecule has 1 aromatic rings. The summed E-state index contributed by atoms with van der Waals surface area (Å²) in [7, 11) is 0. The molecule has 0 bridgehead atoms. The van der Waals surface area contributed by atoms with Crippen molar-refractivity contribution in [3.8, 4) is 0 Å². The van der Waals surface area contributed by atoms with Crippen LogP contribution in [0, 0.1) is 7.14 Å². The number of halogens is 2. The fourth-order valence-corrected chi connectivity index (χ4v) is 2.80. The van der Waals surface area contributed by atoms with Gasteiger partial charge in [-0.05, 0) is 63.4 Å². The molecule has 7 heteroatoms. The first kappa shape index (κ1) is 12.5. The molecule has 15 heavy (non-hydrogen) atoms. The van der Waals surface area contributed by atoms with Crippen LogP contribution in [-0.2, 0) is 0 Å². The van der Waals surface area contributed by atoms with Crippen molar-refractivity contribution >= 4 is 62.8 Å².